The van der Waals surface area contributed by atoms with Crippen molar-refractivity contribution >= 4 is 34.8 Å². The molecular formula is C23H29ClN2O2S. The highest BCUT2D eigenvalue weighted by Gasteiger charge is 2.27. The molecule has 0 fully saturated rings. The van der Waals surface area contributed by atoms with Gasteiger partial charge in [-0.2, -0.15) is 0 Å². The first-order valence-corrected chi connectivity index (χ1v) is 10.5. The van der Waals surface area contributed by atoms with Gasteiger partial charge in [0.1, 0.15) is 5.75 Å². The molecule has 29 heavy (non-hydrogen) atoms. The molecule has 0 saturated heterocycles. The highest BCUT2D eigenvalue weighted by atomic mass is 35.5. The van der Waals surface area contributed by atoms with Crippen molar-refractivity contribution in [2.75, 3.05) is 6.61 Å². The number of thiocarbonyl (C=S) groups is 1. The summed E-state index contributed by atoms with van der Waals surface area (Å²) in [5, 5.41) is 6.78. The van der Waals surface area contributed by atoms with Crippen LogP contribution in [-0.2, 0) is 11.3 Å². The van der Waals surface area contributed by atoms with Crippen LogP contribution < -0.4 is 15.4 Å². The Morgan fingerprint density at radius 3 is 2.62 bits per heavy atom. The summed E-state index contributed by atoms with van der Waals surface area (Å²) in [6.07, 6.45) is 1.46. The smallest absolute Gasteiger partial charge is 0.231 e. The third-order valence-electron chi connectivity index (χ3n) is 4.79. The zero-order valence-electron chi connectivity index (χ0n) is 17.5. The Balaban J connectivity index is 1.76. The number of carbonyl (C=O) groups is 1. The molecule has 0 atom stereocenters. The lowest BCUT2D eigenvalue weighted by Crippen LogP contribution is -2.45. The molecule has 0 heterocycles. The summed E-state index contributed by atoms with van der Waals surface area (Å²) >= 11 is 11.4. The van der Waals surface area contributed by atoms with E-state index in [1.54, 1.807) is 0 Å². The predicted molar refractivity (Wildman–Crippen MR) is 123 cm³/mol. The third-order valence-corrected chi connectivity index (χ3v) is 5.40. The quantitative estimate of drug-likeness (QED) is 0.437. The van der Waals surface area contributed by atoms with Gasteiger partial charge in [-0.3, -0.25) is 4.79 Å². The summed E-state index contributed by atoms with van der Waals surface area (Å²) in [5.74, 6) is 0.790. The Hall–Kier alpha value is -2.11. The first-order chi connectivity index (χ1) is 13.7. The molecule has 0 saturated carbocycles. The van der Waals surface area contributed by atoms with E-state index in [1.807, 2.05) is 58.0 Å². The van der Waals surface area contributed by atoms with Crippen LogP contribution in [0.5, 0.6) is 5.75 Å². The van der Waals surface area contributed by atoms with Gasteiger partial charge in [0.25, 0.3) is 0 Å². The largest absolute Gasteiger partial charge is 0.493 e. The molecule has 0 unspecified atom stereocenters. The molecule has 2 aromatic rings. The van der Waals surface area contributed by atoms with Crippen molar-refractivity contribution in [2.45, 2.75) is 47.1 Å². The van der Waals surface area contributed by atoms with Crippen LogP contribution in [0.15, 0.2) is 42.5 Å². The second-order valence-electron chi connectivity index (χ2n) is 7.83. The van der Waals surface area contributed by atoms with Crippen LogP contribution in [0.2, 0.25) is 5.02 Å². The Bertz CT molecular complexity index is 868. The van der Waals surface area contributed by atoms with E-state index in [1.165, 1.54) is 5.56 Å². The molecule has 0 aliphatic carbocycles. The van der Waals surface area contributed by atoms with E-state index < -0.39 is 5.41 Å². The van der Waals surface area contributed by atoms with Crippen LogP contribution in [0.3, 0.4) is 0 Å². The number of hydrogen-bond donors (Lipinski definition) is 2. The summed E-state index contributed by atoms with van der Waals surface area (Å²) in [7, 11) is 0. The average molecular weight is 433 g/mol. The van der Waals surface area contributed by atoms with Gasteiger partial charge in [-0.25, -0.2) is 0 Å². The van der Waals surface area contributed by atoms with Crippen LogP contribution in [0, 0.1) is 19.3 Å². The van der Waals surface area contributed by atoms with Gasteiger partial charge < -0.3 is 15.4 Å². The van der Waals surface area contributed by atoms with Crippen molar-refractivity contribution in [1.82, 2.24) is 10.6 Å². The Kier molecular flexibility index (Phi) is 8.47. The minimum atomic E-state index is -0.554. The molecule has 156 valence electrons. The summed E-state index contributed by atoms with van der Waals surface area (Å²) in [6.45, 7) is 8.93. The fourth-order valence-electron chi connectivity index (χ4n) is 2.81. The van der Waals surface area contributed by atoms with E-state index in [2.05, 4.69) is 22.8 Å². The van der Waals surface area contributed by atoms with Gasteiger partial charge in [-0.05, 0) is 67.7 Å². The first kappa shape index (κ1) is 23.2. The van der Waals surface area contributed by atoms with E-state index in [0.717, 1.165) is 23.3 Å². The fourth-order valence-corrected chi connectivity index (χ4v) is 3.17. The summed E-state index contributed by atoms with van der Waals surface area (Å²) in [4.78, 5) is 12.6. The molecule has 0 aliphatic rings. The SMILES string of the molecule is Cc1ccc(C)c(OCCCC(C)(C)C(=O)NC(=S)NCc2ccccc2Cl)c1. The van der Waals surface area contributed by atoms with Gasteiger partial charge in [0, 0.05) is 17.0 Å². The fraction of sp³-hybridized carbons (Fsp3) is 0.391. The van der Waals surface area contributed by atoms with Crippen molar-refractivity contribution in [1.29, 1.82) is 0 Å². The van der Waals surface area contributed by atoms with Gasteiger partial charge in [0.2, 0.25) is 5.91 Å². The van der Waals surface area contributed by atoms with Crippen LogP contribution in [0.25, 0.3) is 0 Å². The number of nitrogens with one attached hydrogen (secondary N) is 2. The van der Waals surface area contributed by atoms with Crippen molar-refractivity contribution < 1.29 is 9.53 Å². The third kappa shape index (κ3) is 7.33. The monoisotopic (exact) mass is 432 g/mol. The number of amides is 1. The van der Waals surface area contributed by atoms with Gasteiger partial charge in [-0.1, -0.05) is 55.8 Å². The van der Waals surface area contributed by atoms with Crippen molar-refractivity contribution in [3.05, 3.63) is 64.2 Å². The molecule has 2 rings (SSSR count). The summed E-state index contributed by atoms with van der Waals surface area (Å²) in [6, 6.07) is 13.7. The number of aryl methyl sites for hydroxylation is 2. The number of halogens is 1. The number of rotatable bonds is 8. The highest BCUT2D eigenvalue weighted by molar-refractivity contribution is 7.80. The maximum Gasteiger partial charge on any atom is 0.231 e. The van der Waals surface area contributed by atoms with Crippen LogP contribution >= 0.6 is 23.8 Å². The molecule has 0 radical (unpaired) electrons. The van der Waals surface area contributed by atoms with Crippen molar-refractivity contribution in [2.24, 2.45) is 5.41 Å². The van der Waals surface area contributed by atoms with E-state index >= 15 is 0 Å². The summed E-state index contributed by atoms with van der Waals surface area (Å²) in [5.41, 5.74) is 2.65. The topological polar surface area (TPSA) is 50.4 Å². The molecule has 6 heteroatoms. The zero-order chi connectivity index (χ0) is 21.4. The number of hydrogen-bond acceptors (Lipinski definition) is 3. The molecule has 0 aliphatic heterocycles. The van der Waals surface area contributed by atoms with E-state index in [9.17, 15) is 4.79 Å². The van der Waals surface area contributed by atoms with Gasteiger partial charge in [0.15, 0.2) is 5.11 Å². The maximum atomic E-state index is 12.6. The normalized spacial score (nSPS) is 11.1. The second-order valence-corrected chi connectivity index (χ2v) is 8.65. The second kappa shape index (κ2) is 10.6. The highest BCUT2D eigenvalue weighted by Crippen LogP contribution is 2.24. The molecule has 4 nitrogen and oxygen atoms in total. The van der Waals surface area contributed by atoms with Crippen molar-refractivity contribution in [3.8, 4) is 5.75 Å². The number of ether oxygens (including phenoxy) is 1. The van der Waals surface area contributed by atoms with Gasteiger partial charge in [0.05, 0.1) is 6.61 Å². The maximum absolute atomic E-state index is 12.6. The van der Waals surface area contributed by atoms with E-state index in [-0.39, 0.29) is 5.91 Å². The van der Waals surface area contributed by atoms with E-state index in [4.69, 9.17) is 28.6 Å². The lowest BCUT2D eigenvalue weighted by molar-refractivity contribution is -0.128. The van der Waals surface area contributed by atoms with Crippen LogP contribution in [0.1, 0.15) is 43.4 Å². The molecule has 2 N–H and O–H groups in total. The molecule has 0 spiro atoms. The Labute approximate surface area is 184 Å². The molecule has 2 aromatic carbocycles. The lowest BCUT2D eigenvalue weighted by atomic mass is 9.87. The first-order valence-electron chi connectivity index (χ1n) is 9.72. The number of carbonyl (C=O) groups excluding carboxylic acids is 1. The average Bonchev–Trinajstić information content (AvgIpc) is 2.67. The Morgan fingerprint density at radius 2 is 1.90 bits per heavy atom. The Morgan fingerprint density at radius 1 is 1.17 bits per heavy atom. The van der Waals surface area contributed by atoms with Crippen molar-refractivity contribution in [3.63, 3.8) is 0 Å². The zero-order valence-corrected chi connectivity index (χ0v) is 19.0. The van der Waals surface area contributed by atoms with Gasteiger partial charge in [-0.15, -0.1) is 0 Å². The molecule has 0 bridgehead atoms. The molecular weight excluding hydrogens is 404 g/mol. The standard InChI is InChI=1S/C23H29ClN2O2S/c1-16-10-11-17(2)20(14-16)28-13-7-12-23(3,4)21(27)26-22(29)25-15-18-8-5-6-9-19(18)24/h5-6,8-11,14H,7,12-13,15H2,1-4H3,(H2,25,26,27,29). The number of benzene rings is 2. The summed E-state index contributed by atoms with van der Waals surface area (Å²) < 4.78 is 5.89. The predicted octanol–water partition coefficient (Wildman–Crippen LogP) is 5.33. The van der Waals surface area contributed by atoms with Crippen LogP contribution in [0.4, 0.5) is 0 Å². The minimum absolute atomic E-state index is 0.110. The minimum Gasteiger partial charge on any atom is -0.493 e. The van der Waals surface area contributed by atoms with E-state index in [0.29, 0.717) is 29.7 Å². The van der Waals surface area contributed by atoms with Gasteiger partial charge >= 0.3 is 0 Å². The van der Waals surface area contributed by atoms with Crippen LogP contribution in [-0.4, -0.2) is 17.6 Å². The lowest BCUT2D eigenvalue weighted by Gasteiger charge is -2.24. The molecule has 1 amide bonds. The molecule has 0 aromatic heterocycles.